The number of benzene rings is 2. The number of nitrogens with one attached hydrogen (secondary N) is 1. The predicted octanol–water partition coefficient (Wildman–Crippen LogP) is 4.74. The maximum absolute atomic E-state index is 13.2. The Kier molecular flexibility index (Phi) is 5.42. The topological polar surface area (TPSA) is 32.3 Å². The average Bonchev–Trinajstić information content (AvgIpc) is 3.41. The third-order valence-corrected chi connectivity index (χ3v) is 5.10. The molecule has 1 fully saturated rings. The van der Waals surface area contributed by atoms with Crippen LogP contribution in [0.15, 0.2) is 36.4 Å². The number of carbonyl (C=O) groups excluding carboxylic acids is 1. The van der Waals surface area contributed by atoms with E-state index in [0.29, 0.717) is 12.6 Å². The molecule has 0 radical (unpaired) electrons. The number of carbonyl (C=O) groups is 1. The Morgan fingerprint density at radius 3 is 2.27 bits per heavy atom. The van der Waals surface area contributed by atoms with Gasteiger partial charge in [0.25, 0.3) is 0 Å². The van der Waals surface area contributed by atoms with Gasteiger partial charge in [0.15, 0.2) is 0 Å². The van der Waals surface area contributed by atoms with Crippen LogP contribution in [0.3, 0.4) is 0 Å². The minimum Gasteiger partial charge on any atom is -0.324 e. The zero-order valence-corrected chi connectivity index (χ0v) is 16.0. The highest BCUT2D eigenvalue weighted by Gasteiger charge is 2.35. The fraction of sp³-hybridized carbons (Fsp3) is 0.409. The fourth-order valence-electron chi connectivity index (χ4n) is 3.54. The van der Waals surface area contributed by atoms with Crippen LogP contribution in [0.5, 0.6) is 0 Å². The van der Waals surface area contributed by atoms with E-state index in [4.69, 9.17) is 0 Å². The first kappa shape index (κ1) is 18.6. The monoisotopic (exact) mass is 354 g/mol. The second-order valence-corrected chi connectivity index (χ2v) is 7.47. The molecule has 26 heavy (non-hydrogen) atoms. The van der Waals surface area contributed by atoms with Gasteiger partial charge in [-0.15, -0.1) is 0 Å². The zero-order chi connectivity index (χ0) is 18.8. The number of nitrogens with zero attached hydrogens (tertiary/aromatic N) is 1. The molecule has 1 amide bonds. The number of rotatable bonds is 6. The number of halogens is 1. The molecular weight excluding hydrogens is 327 g/mol. The number of hydrogen-bond acceptors (Lipinski definition) is 2. The Labute approximate surface area is 155 Å². The Bertz CT molecular complexity index is 773. The van der Waals surface area contributed by atoms with Crippen molar-refractivity contribution in [1.29, 1.82) is 0 Å². The van der Waals surface area contributed by atoms with E-state index in [1.165, 1.54) is 17.7 Å². The Morgan fingerprint density at radius 1 is 1.15 bits per heavy atom. The highest BCUT2D eigenvalue weighted by Crippen LogP contribution is 2.31. The van der Waals surface area contributed by atoms with Crippen LogP contribution in [0, 0.1) is 26.6 Å². The highest BCUT2D eigenvalue weighted by atomic mass is 19.1. The van der Waals surface area contributed by atoms with E-state index in [-0.39, 0.29) is 17.8 Å². The van der Waals surface area contributed by atoms with Gasteiger partial charge < -0.3 is 5.32 Å². The van der Waals surface area contributed by atoms with Gasteiger partial charge in [-0.05, 0) is 69.4 Å². The maximum Gasteiger partial charge on any atom is 0.241 e. The fourth-order valence-corrected chi connectivity index (χ4v) is 3.54. The SMILES string of the molecule is Cc1cc(C)c(NC(=O)[C@H](C)N(Cc2ccc(F)cc2)C2CC2)c(C)c1. The summed E-state index contributed by atoms with van der Waals surface area (Å²) in [6.45, 7) is 8.72. The molecule has 1 aliphatic carbocycles. The van der Waals surface area contributed by atoms with Gasteiger partial charge in [0.1, 0.15) is 5.82 Å². The summed E-state index contributed by atoms with van der Waals surface area (Å²) in [4.78, 5) is 15.1. The molecule has 1 aliphatic rings. The van der Waals surface area contributed by atoms with Crippen molar-refractivity contribution in [1.82, 2.24) is 4.90 Å². The van der Waals surface area contributed by atoms with Gasteiger partial charge in [0.05, 0.1) is 6.04 Å². The maximum atomic E-state index is 13.2. The summed E-state index contributed by atoms with van der Waals surface area (Å²) >= 11 is 0. The molecule has 1 saturated carbocycles. The molecule has 0 aliphatic heterocycles. The minimum absolute atomic E-state index is 0.00839. The van der Waals surface area contributed by atoms with E-state index >= 15 is 0 Å². The molecule has 0 saturated heterocycles. The van der Waals surface area contributed by atoms with Crippen molar-refractivity contribution in [2.75, 3.05) is 5.32 Å². The Balaban J connectivity index is 1.74. The number of hydrogen-bond donors (Lipinski definition) is 1. The van der Waals surface area contributed by atoms with E-state index in [1.807, 2.05) is 20.8 Å². The molecule has 0 unspecified atom stereocenters. The van der Waals surface area contributed by atoms with Gasteiger partial charge >= 0.3 is 0 Å². The van der Waals surface area contributed by atoms with Gasteiger partial charge in [-0.25, -0.2) is 4.39 Å². The van der Waals surface area contributed by atoms with E-state index in [2.05, 4.69) is 29.3 Å². The van der Waals surface area contributed by atoms with Crippen molar-refractivity contribution >= 4 is 11.6 Å². The van der Waals surface area contributed by atoms with Crippen molar-refractivity contribution in [3.63, 3.8) is 0 Å². The molecule has 138 valence electrons. The summed E-state index contributed by atoms with van der Waals surface area (Å²) in [5, 5.41) is 3.12. The second-order valence-electron chi connectivity index (χ2n) is 7.47. The molecule has 1 N–H and O–H groups in total. The van der Waals surface area contributed by atoms with Gasteiger partial charge in [-0.3, -0.25) is 9.69 Å². The number of amides is 1. The summed E-state index contributed by atoms with van der Waals surface area (Å²) in [6, 6.07) is 10.9. The minimum atomic E-state index is -0.243. The Morgan fingerprint density at radius 2 is 1.73 bits per heavy atom. The smallest absolute Gasteiger partial charge is 0.241 e. The van der Waals surface area contributed by atoms with Crippen molar-refractivity contribution < 1.29 is 9.18 Å². The molecule has 3 rings (SSSR count). The van der Waals surface area contributed by atoms with Crippen LogP contribution in [0.2, 0.25) is 0 Å². The van der Waals surface area contributed by atoms with Crippen molar-refractivity contribution in [3.8, 4) is 0 Å². The molecule has 3 nitrogen and oxygen atoms in total. The lowest BCUT2D eigenvalue weighted by Crippen LogP contribution is -2.43. The lowest BCUT2D eigenvalue weighted by atomic mass is 10.0. The third kappa shape index (κ3) is 4.31. The second kappa shape index (κ2) is 7.58. The van der Waals surface area contributed by atoms with Crippen LogP contribution in [-0.4, -0.2) is 22.9 Å². The zero-order valence-electron chi connectivity index (χ0n) is 16.0. The van der Waals surface area contributed by atoms with E-state index in [0.717, 1.165) is 35.2 Å². The van der Waals surface area contributed by atoms with Crippen molar-refractivity contribution in [2.45, 2.75) is 59.2 Å². The van der Waals surface area contributed by atoms with E-state index in [9.17, 15) is 9.18 Å². The lowest BCUT2D eigenvalue weighted by molar-refractivity contribution is -0.121. The average molecular weight is 354 g/mol. The molecule has 2 aromatic carbocycles. The first-order valence-electron chi connectivity index (χ1n) is 9.24. The third-order valence-electron chi connectivity index (χ3n) is 5.10. The van der Waals surface area contributed by atoms with Gasteiger partial charge in [-0.1, -0.05) is 29.8 Å². The molecule has 0 aromatic heterocycles. The summed E-state index contributed by atoms with van der Waals surface area (Å²) in [7, 11) is 0. The van der Waals surface area contributed by atoms with Crippen LogP contribution in [0.25, 0.3) is 0 Å². The number of anilines is 1. The normalized spacial score (nSPS) is 15.2. The molecule has 0 heterocycles. The predicted molar refractivity (Wildman–Crippen MR) is 104 cm³/mol. The van der Waals surface area contributed by atoms with Crippen molar-refractivity contribution in [3.05, 3.63) is 64.5 Å². The summed E-state index contributed by atoms with van der Waals surface area (Å²) < 4.78 is 13.2. The Hall–Kier alpha value is -2.20. The van der Waals surface area contributed by atoms with Gasteiger partial charge in [0.2, 0.25) is 5.91 Å². The van der Waals surface area contributed by atoms with Crippen LogP contribution in [0.4, 0.5) is 10.1 Å². The van der Waals surface area contributed by atoms with E-state index < -0.39 is 0 Å². The van der Waals surface area contributed by atoms with Crippen LogP contribution in [0.1, 0.15) is 42.0 Å². The summed E-state index contributed by atoms with van der Waals surface area (Å²) in [6.07, 6.45) is 2.23. The molecule has 4 heteroatoms. The molecule has 2 aromatic rings. The van der Waals surface area contributed by atoms with Crippen LogP contribution in [-0.2, 0) is 11.3 Å². The molecule has 0 spiro atoms. The quantitative estimate of drug-likeness (QED) is 0.812. The van der Waals surface area contributed by atoms with Gasteiger partial charge in [0, 0.05) is 18.3 Å². The van der Waals surface area contributed by atoms with Crippen LogP contribution >= 0.6 is 0 Å². The standard InChI is InChI=1S/C22H27FN2O/c1-14-11-15(2)21(16(3)12-14)24-22(26)17(4)25(20-9-10-20)13-18-5-7-19(23)8-6-18/h5-8,11-12,17,20H,9-10,13H2,1-4H3,(H,24,26)/t17-/m0/s1. The highest BCUT2D eigenvalue weighted by molar-refractivity contribution is 5.96. The van der Waals surface area contributed by atoms with Crippen LogP contribution < -0.4 is 5.32 Å². The largest absolute Gasteiger partial charge is 0.324 e. The molecule has 0 bridgehead atoms. The molecular formula is C22H27FN2O. The van der Waals surface area contributed by atoms with Gasteiger partial charge in [-0.2, -0.15) is 0 Å². The first-order valence-corrected chi connectivity index (χ1v) is 9.24. The summed E-state index contributed by atoms with van der Waals surface area (Å²) in [5.74, 6) is -0.225. The number of aryl methyl sites for hydroxylation is 3. The lowest BCUT2D eigenvalue weighted by Gasteiger charge is -2.29. The molecule has 1 atom stereocenters. The van der Waals surface area contributed by atoms with Crippen molar-refractivity contribution in [2.24, 2.45) is 0 Å². The van der Waals surface area contributed by atoms with E-state index in [1.54, 1.807) is 12.1 Å². The summed E-state index contributed by atoms with van der Waals surface area (Å²) in [5.41, 5.74) is 5.30. The first-order chi connectivity index (χ1) is 12.3.